The molecule has 8 heteroatoms. The first-order valence-corrected chi connectivity index (χ1v) is 17.9. The van der Waals surface area contributed by atoms with Crippen molar-refractivity contribution < 1.29 is 28.7 Å². The normalized spacial score (nSPS) is 35.9. The van der Waals surface area contributed by atoms with Gasteiger partial charge in [0.1, 0.15) is 5.54 Å². The van der Waals surface area contributed by atoms with Gasteiger partial charge in [-0.25, -0.2) is 4.79 Å². The van der Waals surface area contributed by atoms with Crippen LogP contribution in [0.2, 0.25) is 0 Å². The number of Topliss-reactive ketones (excluding diaryl/α,β-unsaturated/α-hetero) is 1. The number of fused-ring (bicyclic) bond motifs is 5. The zero-order valence-corrected chi connectivity index (χ0v) is 29.3. The van der Waals surface area contributed by atoms with Crippen LogP contribution in [0.1, 0.15) is 124 Å². The van der Waals surface area contributed by atoms with Gasteiger partial charge in [0.25, 0.3) is 5.91 Å². The molecule has 1 heterocycles. The van der Waals surface area contributed by atoms with Gasteiger partial charge in [-0.3, -0.25) is 24.1 Å². The van der Waals surface area contributed by atoms with Crippen LogP contribution in [0.15, 0.2) is 42.0 Å². The van der Waals surface area contributed by atoms with Crippen molar-refractivity contribution in [2.75, 3.05) is 7.05 Å². The Hall–Kier alpha value is -3.29. The number of nitrogens with one attached hydrogen (secondary N) is 1. The van der Waals surface area contributed by atoms with Crippen LogP contribution >= 0.6 is 0 Å². The molecule has 1 aliphatic heterocycles. The summed E-state index contributed by atoms with van der Waals surface area (Å²) in [5.74, 6) is 1.47. The van der Waals surface area contributed by atoms with Crippen LogP contribution in [0.5, 0.6) is 0 Å². The van der Waals surface area contributed by atoms with Crippen molar-refractivity contribution in [1.82, 2.24) is 10.2 Å². The average Bonchev–Trinajstić information content (AvgIpc) is 3.48. The fourth-order valence-corrected chi connectivity index (χ4v) is 10.2. The zero-order chi connectivity index (χ0) is 34.2. The van der Waals surface area contributed by atoms with Crippen LogP contribution in [0.25, 0.3) is 0 Å². The predicted octanol–water partition coefficient (Wildman–Crippen LogP) is 7.44. The molecule has 1 saturated heterocycles. The van der Waals surface area contributed by atoms with E-state index in [-0.39, 0.29) is 40.3 Å². The molecule has 47 heavy (non-hydrogen) atoms. The third-order valence-electron chi connectivity index (χ3n) is 13.0. The van der Waals surface area contributed by atoms with Crippen molar-refractivity contribution in [2.24, 2.45) is 28.6 Å². The second-order valence-electron chi connectivity index (χ2n) is 15.2. The molecule has 0 aromatic heterocycles. The average molecular weight is 647 g/mol. The smallest absolute Gasteiger partial charge is 0.325 e. The Morgan fingerprint density at radius 2 is 1.64 bits per heavy atom. The standard InChI is InChI=1S/C27H40O4.C12H14N2O2/c1-5-6-7-8-24(30)31-27(18(2)28)16-13-23-21-10-9-19-17-20(29)11-14-25(19,3)22(21)12-15-26(23,27)4;1-3-12(9-7-5-4-6-8-9)10(15)14(2)11(16)13-12/h17,21-23H,5-16H2,1-4H3;4-8H,3H2,1-2H3,(H,13,16)/t21-,22+,23+,25+,26+,27+;/m1./s1. The molecule has 3 amide bonds. The number of benzene rings is 1. The summed E-state index contributed by atoms with van der Waals surface area (Å²) in [6.45, 7) is 10.3. The molecule has 0 radical (unpaired) electrons. The second kappa shape index (κ2) is 13.3. The van der Waals surface area contributed by atoms with E-state index < -0.39 is 11.1 Å². The van der Waals surface area contributed by atoms with E-state index in [0.717, 1.165) is 68.3 Å². The van der Waals surface area contributed by atoms with Crippen molar-refractivity contribution in [3.63, 3.8) is 0 Å². The van der Waals surface area contributed by atoms with Gasteiger partial charge in [0.05, 0.1) is 0 Å². The highest BCUT2D eigenvalue weighted by Crippen LogP contribution is 2.68. The maximum Gasteiger partial charge on any atom is 0.325 e. The highest BCUT2D eigenvalue weighted by atomic mass is 16.6. The Balaban J connectivity index is 0.000000227. The molecule has 4 aliphatic carbocycles. The van der Waals surface area contributed by atoms with Crippen LogP contribution in [0, 0.1) is 28.6 Å². The lowest BCUT2D eigenvalue weighted by Crippen LogP contribution is -2.58. The molecule has 1 N–H and O–H groups in total. The van der Waals surface area contributed by atoms with Crippen molar-refractivity contribution in [3.8, 4) is 0 Å². The van der Waals surface area contributed by atoms with E-state index in [1.807, 2.05) is 43.3 Å². The Bertz CT molecular complexity index is 1440. The quantitative estimate of drug-likeness (QED) is 0.179. The van der Waals surface area contributed by atoms with Gasteiger partial charge in [-0.15, -0.1) is 0 Å². The lowest BCUT2D eigenvalue weighted by molar-refractivity contribution is -0.189. The van der Waals surface area contributed by atoms with E-state index in [1.54, 1.807) is 6.92 Å². The number of unbranched alkanes of at least 4 members (excludes halogenated alkanes) is 2. The van der Waals surface area contributed by atoms with Crippen LogP contribution in [-0.2, 0) is 29.5 Å². The van der Waals surface area contributed by atoms with E-state index in [4.69, 9.17) is 4.74 Å². The minimum Gasteiger partial charge on any atom is -0.450 e. The van der Waals surface area contributed by atoms with Gasteiger partial charge in [-0.05, 0) is 99.5 Å². The van der Waals surface area contributed by atoms with E-state index in [1.165, 1.54) is 12.6 Å². The number of allylic oxidation sites excluding steroid dienone is 1. The highest BCUT2D eigenvalue weighted by Gasteiger charge is 2.67. The number of carbonyl (C=O) groups is 5. The number of imide groups is 1. The van der Waals surface area contributed by atoms with Gasteiger partial charge >= 0.3 is 12.0 Å². The van der Waals surface area contributed by atoms with E-state index >= 15 is 0 Å². The van der Waals surface area contributed by atoms with Crippen LogP contribution in [0.4, 0.5) is 4.79 Å². The first-order chi connectivity index (χ1) is 22.3. The summed E-state index contributed by atoms with van der Waals surface area (Å²) in [6.07, 6.45) is 13.2. The minimum absolute atomic E-state index is 0.0330. The van der Waals surface area contributed by atoms with Crippen molar-refractivity contribution in [2.45, 2.75) is 129 Å². The maximum atomic E-state index is 13.1. The summed E-state index contributed by atoms with van der Waals surface area (Å²) in [5.41, 5.74) is 0.212. The lowest BCUT2D eigenvalue weighted by Gasteiger charge is -2.59. The van der Waals surface area contributed by atoms with E-state index in [0.29, 0.717) is 43.4 Å². The van der Waals surface area contributed by atoms with Crippen molar-refractivity contribution in [1.29, 1.82) is 0 Å². The van der Waals surface area contributed by atoms with Gasteiger partial charge in [-0.2, -0.15) is 0 Å². The number of esters is 1. The first kappa shape index (κ1) is 35.0. The van der Waals surface area contributed by atoms with Crippen LogP contribution in [-0.4, -0.2) is 47.0 Å². The van der Waals surface area contributed by atoms with Crippen molar-refractivity contribution in [3.05, 3.63) is 47.5 Å². The van der Waals surface area contributed by atoms with E-state index in [2.05, 4.69) is 26.1 Å². The van der Waals surface area contributed by atoms with Gasteiger partial charge in [-0.1, -0.05) is 76.4 Å². The molecule has 0 bridgehead atoms. The molecule has 6 rings (SSSR count). The molecule has 256 valence electrons. The number of nitrogens with zero attached hydrogens (tertiary/aromatic N) is 1. The van der Waals surface area contributed by atoms with Crippen LogP contribution < -0.4 is 5.32 Å². The SMILES string of the molecule is CCC1(c2ccccc2)NC(=O)N(C)C1=O.CCCCCC(=O)O[C@]1(C(C)=O)CC[C@H]2[C@@H]3CCC4=CC(=O)CC[C@]4(C)[C@H]3CC[C@@]21C. The predicted molar refractivity (Wildman–Crippen MR) is 180 cm³/mol. The number of hydrogen-bond acceptors (Lipinski definition) is 6. The molecular weight excluding hydrogens is 592 g/mol. The van der Waals surface area contributed by atoms with Gasteiger partial charge in [0.15, 0.2) is 17.2 Å². The molecule has 3 saturated carbocycles. The fraction of sp³-hybridized carbons (Fsp3) is 0.667. The summed E-state index contributed by atoms with van der Waals surface area (Å²) in [5, 5.41) is 2.77. The summed E-state index contributed by atoms with van der Waals surface area (Å²) in [6, 6.07) is 9.00. The number of ether oxygens (including phenoxy) is 1. The largest absolute Gasteiger partial charge is 0.450 e. The molecule has 0 spiro atoms. The number of likely N-dealkylation sites (N-methyl/N-ethyl adjacent to an activating group) is 1. The van der Waals surface area contributed by atoms with Crippen LogP contribution in [0.3, 0.4) is 0 Å². The third kappa shape index (κ3) is 5.78. The molecule has 8 nitrogen and oxygen atoms in total. The van der Waals surface area contributed by atoms with Gasteiger partial charge < -0.3 is 10.1 Å². The molecular formula is C39H54N2O6. The number of rotatable bonds is 8. The highest BCUT2D eigenvalue weighted by molar-refractivity contribution is 6.07. The Kier molecular flexibility index (Phi) is 9.92. The molecule has 1 unspecified atom stereocenters. The molecule has 1 aromatic rings. The number of hydrogen-bond donors (Lipinski definition) is 1. The summed E-state index contributed by atoms with van der Waals surface area (Å²) < 4.78 is 6.16. The van der Waals surface area contributed by atoms with Gasteiger partial charge in [0.2, 0.25) is 0 Å². The molecule has 4 fully saturated rings. The first-order valence-electron chi connectivity index (χ1n) is 17.9. The molecule has 7 atom stereocenters. The summed E-state index contributed by atoms with van der Waals surface area (Å²) in [7, 11) is 1.50. The van der Waals surface area contributed by atoms with E-state index in [9.17, 15) is 24.0 Å². The topological polar surface area (TPSA) is 110 Å². The summed E-state index contributed by atoms with van der Waals surface area (Å²) >= 11 is 0. The second-order valence-corrected chi connectivity index (χ2v) is 15.2. The number of carbonyl (C=O) groups excluding carboxylic acids is 5. The number of ketones is 2. The monoisotopic (exact) mass is 646 g/mol. The maximum absolute atomic E-state index is 13.1. The van der Waals surface area contributed by atoms with Gasteiger partial charge in [0, 0.05) is 25.3 Å². The number of amides is 3. The Morgan fingerprint density at radius 3 is 2.26 bits per heavy atom. The Labute approximate surface area is 280 Å². The minimum atomic E-state index is -0.953. The molecule has 5 aliphatic rings. The third-order valence-corrected chi connectivity index (χ3v) is 13.0. The summed E-state index contributed by atoms with van der Waals surface area (Å²) in [4.78, 5) is 62.6. The van der Waals surface area contributed by atoms with Crippen molar-refractivity contribution >= 4 is 29.5 Å². The number of urea groups is 1. The zero-order valence-electron chi connectivity index (χ0n) is 29.3. The molecule has 1 aromatic carbocycles. The lowest BCUT2D eigenvalue weighted by atomic mass is 9.46. The fourth-order valence-electron chi connectivity index (χ4n) is 10.2. The Morgan fingerprint density at radius 1 is 0.936 bits per heavy atom.